The lowest BCUT2D eigenvalue weighted by Gasteiger charge is -2.00. The van der Waals surface area contributed by atoms with Crippen molar-refractivity contribution < 1.29 is 14.6 Å². The number of aliphatic carboxylic acids is 1. The number of carboxylic acid groups (broad SMARTS) is 1. The molecule has 0 saturated heterocycles. The van der Waals surface area contributed by atoms with E-state index in [0.29, 0.717) is 16.3 Å². The zero-order valence-corrected chi connectivity index (χ0v) is 13.6. The summed E-state index contributed by atoms with van der Waals surface area (Å²) in [5.74, 6) is -0.209. The Morgan fingerprint density at radius 1 is 1.33 bits per heavy atom. The van der Waals surface area contributed by atoms with Gasteiger partial charge in [0.05, 0.1) is 19.2 Å². The average molecular weight is 342 g/mol. The second-order valence-electron chi connectivity index (χ2n) is 5.04. The molecule has 1 aromatic carbocycles. The van der Waals surface area contributed by atoms with Crippen molar-refractivity contribution in [3.8, 4) is 5.75 Å². The van der Waals surface area contributed by atoms with Crippen molar-refractivity contribution >= 4 is 34.4 Å². The summed E-state index contributed by atoms with van der Waals surface area (Å²) in [7, 11) is 1.61. The lowest BCUT2D eigenvalue weighted by molar-refractivity contribution is -0.136. The van der Waals surface area contributed by atoms with E-state index in [9.17, 15) is 9.59 Å². The van der Waals surface area contributed by atoms with Crippen molar-refractivity contribution in [3.05, 3.63) is 63.0 Å². The number of thiazole rings is 1. The Morgan fingerprint density at radius 2 is 2.08 bits per heavy atom. The van der Waals surface area contributed by atoms with Gasteiger partial charge >= 0.3 is 5.97 Å². The molecule has 0 aliphatic rings. The molecule has 0 atom stereocenters. The molecule has 0 bridgehead atoms. The molecular formula is C17H14N2O4S. The van der Waals surface area contributed by atoms with Crippen LogP contribution in [0.5, 0.6) is 5.75 Å². The van der Waals surface area contributed by atoms with Crippen LogP contribution < -0.4 is 10.3 Å². The van der Waals surface area contributed by atoms with E-state index >= 15 is 0 Å². The molecule has 0 spiro atoms. The average Bonchev–Trinajstić information content (AvgIpc) is 2.96. The van der Waals surface area contributed by atoms with Gasteiger partial charge in [0.2, 0.25) is 0 Å². The van der Waals surface area contributed by atoms with Crippen molar-refractivity contribution in [2.24, 2.45) is 0 Å². The number of hydrogen-bond acceptors (Lipinski definition) is 5. The normalized spacial score (nSPS) is 11.2. The first-order chi connectivity index (χ1) is 11.6. The largest absolute Gasteiger partial charge is 0.497 e. The molecule has 0 fully saturated rings. The zero-order chi connectivity index (χ0) is 17.1. The summed E-state index contributed by atoms with van der Waals surface area (Å²) in [6.07, 6.45) is 3.39. The van der Waals surface area contributed by atoms with Crippen molar-refractivity contribution in [2.45, 2.75) is 6.42 Å². The van der Waals surface area contributed by atoms with Gasteiger partial charge in [-0.15, -0.1) is 11.3 Å². The molecule has 0 radical (unpaired) electrons. The van der Waals surface area contributed by atoms with E-state index in [-0.39, 0.29) is 12.0 Å². The summed E-state index contributed by atoms with van der Waals surface area (Å²) in [6, 6.07) is 8.89. The molecule has 0 aliphatic carbocycles. The van der Waals surface area contributed by atoms with Crippen LogP contribution in [0.1, 0.15) is 17.0 Å². The van der Waals surface area contributed by atoms with Gasteiger partial charge in [-0.25, -0.2) is 4.98 Å². The predicted octanol–water partition coefficient (Wildman–Crippen LogP) is 2.56. The van der Waals surface area contributed by atoms with Gasteiger partial charge in [0.15, 0.2) is 4.96 Å². The lowest BCUT2D eigenvalue weighted by Crippen LogP contribution is -2.17. The molecule has 0 saturated carbocycles. The maximum atomic E-state index is 12.2. The Labute approximate surface area is 141 Å². The number of nitrogens with zero attached hydrogens (tertiary/aromatic N) is 2. The van der Waals surface area contributed by atoms with Crippen molar-refractivity contribution in [2.75, 3.05) is 7.11 Å². The van der Waals surface area contributed by atoms with Gasteiger partial charge < -0.3 is 9.84 Å². The minimum absolute atomic E-state index is 0.206. The van der Waals surface area contributed by atoms with Gasteiger partial charge in [0, 0.05) is 17.1 Å². The molecule has 3 aromatic rings. The van der Waals surface area contributed by atoms with E-state index in [4.69, 9.17) is 9.84 Å². The molecule has 2 heterocycles. The van der Waals surface area contributed by atoms with E-state index in [0.717, 1.165) is 11.3 Å². The van der Waals surface area contributed by atoms with Gasteiger partial charge in [0.25, 0.3) is 5.56 Å². The van der Waals surface area contributed by atoms with Crippen LogP contribution in [0, 0.1) is 0 Å². The van der Waals surface area contributed by atoms with E-state index < -0.39 is 5.97 Å². The van der Waals surface area contributed by atoms with E-state index in [1.165, 1.54) is 21.8 Å². The molecule has 0 unspecified atom stereocenters. The smallest absolute Gasteiger partial charge is 0.309 e. The summed E-state index contributed by atoms with van der Waals surface area (Å²) in [5, 5.41) is 10.5. The second-order valence-corrected chi connectivity index (χ2v) is 5.88. The third-order valence-corrected chi connectivity index (χ3v) is 4.26. The van der Waals surface area contributed by atoms with Crippen molar-refractivity contribution in [3.63, 3.8) is 0 Å². The number of carbonyl (C=O) groups is 1. The zero-order valence-electron chi connectivity index (χ0n) is 12.8. The number of rotatable bonds is 5. The third kappa shape index (κ3) is 3.36. The van der Waals surface area contributed by atoms with Crippen LogP contribution in [0.4, 0.5) is 0 Å². The van der Waals surface area contributed by atoms with Crippen molar-refractivity contribution in [1.82, 2.24) is 9.38 Å². The van der Waals surface area contributed by atoms with Crippen LogP contribution in [0.15, 0.2) is 40.5 Å². The third-order valence-electron chi connectivity index (χ3n) is 3.39. The van der Waals surface area contributed by atoms with Gasteiger partial charge in [-0.05, 0) is 23.8 Å². The summed E-state index contributed by atoms with van der Waals surface area (Å²) < 4.78 is 6.44. The number of hydrogen-bond donors (Lipinski definition) is 1. The van der Waals surface area contributed by atoms with Crippen LogP contribution in [0.3, 0.4) is 0 Å². The van der Waals surface area contributed by atoms with Crippen molar-refractivity contribution in [1.29, 1.82) is 0 Å². The summed E-state index contributed by atoms with van der Waals surface area (Å²) in [4.78, 5) is 28.0. The molecule has 7 heteroatoms. The first-order valence-corrected chi connectivity index (χ1v) is 7.99. The molecular weight excluding hydrogens is 328 g/mol. The predicted molar refractivity (Wildman–Crippen MR) is 92.6 cm³/mol. The number of methoxy groups -OCH3 is 1. The minimum atomic E-state index is -0.981. The summed E-state index contributed by atoms with van der Waals surface area (Å²) >= 11 is 1.25. The fourth-order valence-corrected chi connectivity index (χ4v) is 3.15. The van der Waals surface area contributed by atoms with Gasteiger partial charge in [-0.2, -0.15) is 0 Å². The van der Waals surface area contributed by atoms with Gasteiger partial charge in [-0.3, -0.25) is 14.0 Å². The number of benzene rings is 1. The Morgan fingerprint density at radius 3 is 2.75 bits per heavy atom. The quantitative estimate of drug-likeness (QED) is 0.771. The fraction of sp³-hybridized carbons (Fsp3) is 0.118. The van der Waals surface area contributed by atoms with E-state index in [1.807, 2.05) is 30.3 Å². The Bertz CT molecular complexity index is 970. The highest BCUT2D eigenvalue weighted by Crippen LogP contribution is 2.16. The molecule has 2 aromatic heterocycles. The Kier molecular flexibility index (Phi) is 4.43. The van der Waals surface area contributed by atoms with Crippen LogP contribution in [0.25, 0.3) is 17.1 Å². The molecule has 3 rings (SSSR count). The van der Waals surface area contributed by atoms with Gasteiger partial charge in [0.1, 0.15) is 5.75 Å². The molecule has 1 N–H and O–H groups in total. The number of fused-ring (bicyclic) bond motifs is 1. The highest BCUT2D eigenvalue weighted by atomic mass is 32.1. The Balaban J connectivity index is 1.91. The minimum Gasteiger partial charge on any atom is -0.497 e. The molecule has 0 amide bonds. The lowest BCUT2D eigenvalue weighted by atomic mass is 10.2. The van der Waals surface area contributed by atoms with Gasteiger partial charge in [-0.1, -0.05) is 18.2 Å². The Hall–Kier alpha value is -2.93. The standard InChI is InChI=1S/C17H14N2O4S/c1-23-14-6-3-11(4-7-14)2-5-12-8-15(20)19-13(9-16(21)22)10-24-17(19)18-12/h2-8,10H,9H2,1H3,(H,21,22). The van der Waals surface area contributed by atoms with Crippen LogP contribution in [-0.4, -0.2) is 27.6 Å². The fourth-order valence-electron chi connectivity index (χ4n) is 2.25. The maximum absolute atomic E-state index is 12.2. The molecule has 0 aliphatic heterocycles. The number of aromatic nitrogens is 2. The monoisotopic (exact) mass is 342 g/mol. The molecule has 6 nitrogen and oxygen atoms in total. The SMILES string of the molecule is COc1ccc(C=Cc2cc(=O)n3c(CC(=O)O)csc3n2)cc1. The molecule has 122 valence electrons. The molecule has 24 heavy (non-hydrogen) atoms. The highest BCUT2D eigenvalue weighted by Gasteiger charge is 2.10. The maximum Gasteiger partial charge on any atom is 0.309 e. The second kappa shape index (κ2) is 6.67. The highest BCUT2D eigenvalue weighted by molar-refractivity contribution is 7.15. The van der Waals surface area contributed by atoms with Crippen LogP contribution in [0.2, 0.25) is 0 Å². The first-order valence-electron chi connectivity index (χ1n) is 7.11. The summed E-state index contributed by atoms with van der Waals surface area (Å²) in [6.45, 7) is 0. The van der Waals surface area contributed by atoms with E-state index in [2.05, 4.69) is 4.98 Å². The topological polar surface area (TPSA) is 80.9 Å². The summed E-state index contributed by atoms with van der Waals surface area (Å²) in [5.41, 5.74) is 1.63. The number of carboxylic acids is 1. The first kappa shape index (κ1) is 15.9. The van der Waals surface area contributed by atoms with Crippen LogP contribution in [-0.2, 0) is 11.2 Å². The number of ether oxygens (including phenoxy) is 1. The van der Waals surface area contributed by atoms with Crippen LogP contribution >= 0.6 is 11.3 Å². The van der Waals surface area contributed by atoms with E-state index in [1.54, 1.807) is 18.6 Å².